The Morgan fingerprint density at radius 1 is 1.26 bits per heavy atom. The van der Waals surface area contributed by atoms with Gasteiger partial charge in [-0.3, -0.25) is 9.63 Å². The maximum Gasteiger partial charge on any atom is 0.275 e. The number of carbonyl (C=O) groups excluding carboxylic acids is 1. The van der Waals surface area contributed by atoms with Gasteiger partial charge in [0, 0.05) is 12.1 Å². The zero-order valence-corrected chi connectivity index (χ0v) is 11.5. The van der Waals surface area contributed by atoms with E-state index in [2.05, 4.69) is 10.4 Å². The van der Waals surface area contributed by atoms with Crippen LogP contribution in [0.4, 0.5) is 0 Å². The Morgan fingerprint density at radius 2 is 2.00 bits per heavy atom. The fourth-order valence-electron chi connectivity index (χ4n) is 2.36. The molecule has 4 nitrogen and oxygen atoms in total. The van der Waals surface area contributed by atoms with Crippen LogP contribution >= 0.6 is 0 Å². The summed E-state index contributed by atoms with van der Waals surface area (Å²) in [6.45, 7) is 5.64. The van der Waals surface area contributed by atoms with Crippen molar-refractivity contribution < 1.29 is 9.63 Å². The van der Waals surface area contributed by atoms with Crippen molar-refractivity contribution in [2.24, 2.45) is 0 Å². The Bertz CT molecular complexity index is 414. The highest BCUT2D eigenvalue weighted by atomic mass is 16.6. The minimum Gasteiger partial charge on any atom is -0.301 e. The summed E-state index contributed by atoms with van der Waals surface area (Å²) >= 11 is 0. The van der Waals surface area contributed by atoms with Gasteiger partial charge in [-0.2, -0.15) is 0 Å². The molecular formula is C15H22N2O2. The SMILES string of the molecule is Cc1ccccc1C(=O)NOCCN1CCCCC1. The molecule has 1 fully saturated rings. The summed E-state index contributed by atoms with van der Waals surface area (Å²) in [7, 11) is 0. The molecule has 0 spiro atoms. The first-order valence-corrected chi connectivity index (χ1v) is 6.97. The van der Waals surface area contributed by atoms with Crippen LogP contribution in [-0.2, 0) is 4.84 Å². The highest BCUT2D eigenvalue weighted by Gasteiger charge is 2.10. The lowest BCUT2D eigenvalue weighted by atomic mass is 10.1. The van der Waals surface area contributed by atoms with Gasteiger partial charge in [0.15, 0.2) is 0 Å². The summed E-state index contributed by atoms with van der Waals surface area (Å²) in [4.78, 5) is 19.5. The third-order valence-corrected chi connectivity index (χ3v) is 3.51. The van der Waals surface area contributed by atoms with E-state index >= 15 is 0 Å². The van der Waals surface area contributed by atoms with Gasteiger partial charge in [-0.1, -0.05) is 24.6 Å². The second-order valence-corrected chi connectivity index (χ2v) is 5.00. The standard InChI is InChI=1S/C15H22N2O2/c1-13-7-3-4-8-14(13)15(18)16-19-12-11-17-9-5-2-6-10-17/h3-4,7-8H,2,5-6,9-12H2,1H3,(H,16,18). The van der Waals surface area contributed by atoms with Crippen molar-refractivity contribution >= 4 is 5.91 Å². The third kappa shape index (κ3) is 4.33. The molecule has 0 aromatic heterocycles. The Labute approximate surface area is 114 Å². The van der Waals surface area contributed by atoms with E-state index < -0.39 is 0 Å². The number of amides is 1. The van der Waals surface area contributed by atoms with Crippen molar-refractivity contribution in [1.82, 2.24) is 10.4 Å². The summed E-state index contributed by atoms with van der Waals surface area (Å²) in [6, 6.07) is 7.50. The molecule has 2 rings (SSSR count). The van der Waals surface area contributed by atoms with Crippen molar-refractivity contribution in [3.63, 3.8) is 0 Å². The molecule has 0 saturated carbocycles. The number of aryl methyl sites for hydroxylation is 1. The first kappa shape index (κ1) is 14.0. The molecule has 104 valence electrons. The van der Waals surface area contributed by atoms with E-state index in [1.54, 1.807) is 6.07 Å². The van der Waals surface area contributed by atoms with E-state index in [4.69, 9.17) is 4.84 Å². The number of rotatable bonds is 5. The summed E-state index contributed by atoms with van der Waals surface area (Å²) < 4.78 is 0. The molecule has 1 amide bonds. The summed E-state index contributed by atoms with van der Waals surface area (Å²) in [5, 5.41) is 0. The first-order valence-electron chi connectivity index (χ1n) is 6.97. The number of benzene rings is 1. The minimum atomic E-state index is -0.170. The summed E-state index contributed by atoms with van der Waals surface area (Å²) in [5.74, 6) is -0.170. The number of hydroxylamine groups is 1. The molecule has 0 atom stereocenters. The number of hydrogen-bond acceptors (Lipinski definition) is 3. The van der Waals surface area contributed by atoms with Crippen molar-refractivity contribution in [2.45, 2.75) is 26.2 Å². The summed E-state index contributed by atoms with van der Waals surface area (Å²) in [5.41, 5.74) is 4.14. The number of likely N-dealkylation sites (tertiary alicyclic amines) is 1. The highest BCUT2D eigenvalue weighted by molar-refractivity contribution is 5.94. The number of carbonyl (C=O) groups is 1. The van der Waals surface area contributed by atoms with Gasteiger partial charge in [0.25, 0.3) is 5.91 Å². The van der Waals surface area contributed by atoms with Gasteiger partial charge in [0.2, 0.25) is 0 Å². The number of piperidine rings is 1. The molecular weight excluding hydrogens is 240 g/mol. The van der Waals surface area contributed by atoms with Crippen molar-refractivity contribution in [3.05, 3.63) is 35.4 Å². The van der Waals surface area contributed by atoms with E-state index in [0.29, 0.717) is 12.2 Å². The molecule has 19 heavy (non-hydrogen) atoms. The van der Waals surface area contributed by atoms with Gasteiger partial charge < -0.3 is 4.90 Å². The zero-order chi connectivity index (χ0) is 13.5. The molecule has 0 bridgehead atoms. The first-order chi connectivity index (χ1) is 9.27. The van der Waals surface area contributed by atoms with Crippen LogP contribution in [0, 0.1) is 6.92 Å². The number of nitrogens with one attached hydrogen (secondary N) is 1. The van der Waals surface area contributed by atoms with Gasteiger partial charge >= 0.3 is 0 Å². The van der Waals surface area contributed by atoms with Gasteiger partial charge in [-0.05, 0) is 44.5 Å². The van der Waals surface area contributed by atoms with E-state index in [9.17, 15) is 4.79 Å². The Morgan fingerprint density at radius 3 is 2.74 bits per heavy atom. The van der Waals surface area contributed by atoms with E-state index in [-0.39, 0.29) is 5.91 Å². The van der Waals surface area contributed by atoms with Crippen molar-refractivity contribution in [1.29, 1.82) is 0 Å². The summed E-state index contributed by atoms with van der Waals surface area (Å²) in [6.07, 6.45) is 3.88. The fraction of sp³-hybridized carbons (Fsp3) is 0.533. The second-order valence-electron chi connectivity index (χ2n) is 5.00. The second kappa shape index (κ2) is 7.26. The maximum atomic E-state index is 11.9. The molecule has 1 aromatic rings. The van der Waals surface area contributed by atoms with Crippen LogP contribution in [-0.4, -0.2) is 37.0 Å². The molecule has 1 aromatic carbocycles. The topological polar surface area (TPSA) is 41.6 Å². The van der Waals surface area contributed by atoms with E-state index in [1.807, 2.05) is 25.1 Å². The van der Waals surface area contributed by atoms with Crippen LogP contribution in [0.1, 0.15) is 35.2 Å². The smallest absolute Gasteiger partial charge is 0.275 e. The van der Waals surface area contributed by atoms with Crippen LogP contribution in [0.15, 0.2) is 24.3 Å². The number of hydrogen-bond donors (Lipinski definition) is 1. The predicted molar refractivity (Wildman–Crippen MR) is 74.9 cm³/mol. The Kier molecular flexibility index (Phi) is 5.36. The maximum absolute atomic E-state index is 11.9. The Hall–Kier alpha value is -1.39. The lowest BCUT2D eigenvalue weighted by Gasteiger charge is -2.25. The molecule has 1 N–H and O–H groups in total. The molecule has 0 unspecified atom stereocenters. The molecule has 4 heteroatoms. The highest BCUT2D eigenvalue weighted by Crippen LogP contribution is 2.08. The van der Waals surface area contributed by atoms with Crippen LogP contribution in [0.3, 0.4) is 0 Å². The average molecular weight is 262 g/mol. The van der Waals surface area contributed by atoms with Gasteiger partial charge in [-0.15, -0.1) is 0 Å². The molecule has 1 aliphatic rings. The lowest BCUT2D eigenvalue weighted by Crippen LogP contribution is -2.35. The van der Waals surface area contributed by atoms with E-state index in [0.717, 1.165) is 25.2 Å². The van der Waals surface area contributed by atoms with Crippen LogP contribution in [0.25, 0.3) is 0 Å². The number of nitrogens with zero attached hydrogens (tertiary/aromatic N) is 1. The normalized spacial score (nSPS) is 16.3. The average Bonchev–Trinajstić information content (AvgIpc) is 2.45. The molecule has 0 aliphatic carbocycles. The van der Waals surface area contributed by atoms with Gasteiger partial charge in [-0.25, -0.2) is 5.48 Å². The zero-order valence-electron chi connectivity index (χ0n) is 11.5. The Balaban J connectivity index is 1.68. The van der Waals surface area contributed by atoms with Gasteiger partial charge in [0.1, 0.15) is 0 Å². The fourth-order valence-corrected chi connectivity index (χ4v) is 2.36. The lowest BCUT2D eigenvalue weighted by molar-refractivity contribution is 0.0206. The van der Waals surface area contributed by atoms with Crippen LogP contribution < -0.4 is 5.48 Å². The molecule has 1 heterocycles. The van der Waals surface area contributed by atoms with E-state index in [1.165, 1.54) is 19.3 Å². The van der Waals surface area contributed by atoms with Gasteiger partial charge in [0.05, 0.1) is 6.61 Å². The quantitative estimate of drug-likeness (QED) is 0.653. The molecule has 1 saturated heterocycles. The largest absolute Gasteiger partial charge is 0.301 e. The third-order valence-electron chi connectivity index (χ3n) is 3.51. The molecule has 1 aliphatic heterocycles. The molecule has 0 radical (unpaired) electrons. The van der Waals surface area contributed by atoms with Crippen molar-refractivity contribution in [2.75, 3.05) is 26.2 Å². The predicted octanol–water partition coefficient (Wildman–Crippen LogP) is 2.14. The van der Waals surface area contributed by atoms with Crippen LogP contribution in [0.2, 0.25) is 0 Å². The monoisotopic (exact) mass is 262 g/mol. The van der Waals surface area contributed by atoms with Crippen molar-refractivity contribution in [3.8, 4) is 0 Å². The van der Waals surface area contributed by atoms with Crippen LogP contribution in [0.5, 0.6) is 0 Å². The minimum absolute atomic E-state index is 0.170.